The molecule has 7 nitrogen and oxygen atoms in total. The molecule has 0 aromatic carbocycles. The fourth-order valence-electron chi connectivity index (χ4n) is 3.17. The molecule has 2 saturated heterocycles. The van der Waals surface area contributed by atoms with E-state index >= 15 is 0 Å². The molecule has 0 saturated carbocycles. The van der Waals surface area contributed by atoms with Crippen LogP contribution < -0.4 is 5.73 Å². The van der Waals surface area contributed by atoms with E-state index in [-0.39, 0.29) is 11.6 Å². The molecule has 2 rings (SSSR count). The summed E-state index contributed by atoms with van der Waals surface area (Å²) in [6.45, 7) is 17.8. The number of hydrogen-bond donors (Lipinski definition) is 1. The third-order valence-electron chi connectivity index (χ3n) is 4.91. The summed E-state index contributed by atoms with van der Waals surface area (Å²) in [4.78, 5) is 21.0. The monoisotopic (exact) mass is 385 g/mol. The highest BCUT2D eigenvalue weighted by atomic mass is 16.6. The Bertz CT molecular complexity index is 398. The lowest BCUT2D eigenvalue weighted by Crippen LogP contribution is -2.45. The van der Waals surface area contributed by atoms with Crippen LogP contribution in [0.1, 0.15) is 33.6 Å². The van der Waals surface area contributed by atoms with E-state index in [0.717, 1.165) is 52.2 Å². The van der Waals surface area contributed by atoms with Gasteiger partial charge in [0.15, 0.2) is 0 Å². The van der Waals surface area contributed by atoms with Crippen molar-refractivity contribution >= 4 is 5.97 Å². The summed E-state index contributed by atoms with van der Waals surface area (Å²) in [6.07, 6.45) is 1.43. The smallest absolute Gasteiger partial charge is 0.306 e. The fourth-order valence-corrected chi connectivity index (χ4v) is 3.17. The second-order valence-corrected chi connectivity index (χ2v) is 8.77. The highest BCUT2D eigenvalue weighted by Crippen LogP contribution is 2.09. The van der Waals surface area contributed by atoms with Crippen molar-refractivity contribution in [2.24, 2.45) is 5.73 Å². The largest absolute Gasteiger partial charge is 0.460 e. The molecule has 2 heterocycles. The van der Waals surface area contributed by atoms with Gasteiger partial charge in [0, 0.05) is 71.9 Å². The first-order chi connectivity index (χ1) is 12.7. The van der Waals surface area contributed by atoms with Crippen molar-refractivity contribution < 1.29 is 9.53 Å². The molecule has 0 aliphatic carbocycles. The van der Waals surface area contributed by atoms with Crippen molar-refractivity contribution in [2.45, 2.75) is 39.2 Å². The number of rotatable bonds is 6. The molecule has 160 valence electrons. The third kappa shape index (κ3) is 12.4. The fraction of sp³-hybridized carbons (Fsp3) is 0.950. The zero-order valence-electron chi connectivity index (χ0n) is 18.4. The first-order valence-corrected chi connectivity index (χ1v) is 10.4. The quantitative estimate of drug-likeness (QED) is 0.670. The number of nitrogens with zero attached hydrogens (tertiary/aromatic N) is 4. The lowest BCUT2D eigenvalue weighted by atomic mass is 10.2. The molecule has 27 heavy (non-hydrogen) atoms. The van der Waals surface area contributed by atoms with E-state index in [1.807, 2.05) is 20.8 Å². The van der Waals surface area contributed by atoms with Crippen LogP contribution in [0.5, 0.6) is 0 Å². The van der Waals surface area contributed by atoms with Gasteiger partial charge in [0.05, 0.1) is 0 Å². The number of ether oxygens (including phenoxy) is 1. The highest BCUT2D eigenvalue weighted by molar-refractivity contribution is 5.69. The maximum atomic E-state index is 11.5. The minimum Gasteiger partial charge on any atom is -0.460 e. The Kier molecular flexibility index (Phi) is 11.4. The third-order valence-corrected chi connectivity index (χ3v) is 4.91. The Morgan fingerprint density at radius 1 is 0.852 bits per heavy atom. The van der Waals surface area contributed by atoms with E-state index in [2.05, 4.69) is 33.7 Å². The van der Waals surface area contributed by atoms with Crippen LogP contribution in [0.15, 0.2) is 0 Å². The minimum atomic E-state index is -0.356. The normalized spacial score (nSPS) is 20.8. The predicted molar refractivity (Wildman–Crippen MR) is 112 cm³/mol. The van der Waals surface area contributed by atoms with Crippen LogP contribution >= 0.6 is 0 Å². The number of carbonyl (C=O) groups is 1. The zero-order chi connectivity index (χ0) is 20.3. The van der Waals surface area contributed by atoms with Gasteiger partial charge in [0.2, 0.25) is 0 Å². The average molecular weight is 386 g/mol. The Morgan fingerprint density at radius 2 is 1.30 bits per heavy atom. The summed E-state index contributed by atoms with van der Waals surface area (Å²) in [5, 5.41) is 0. The SMILES string of the molecule is CN1CCN(CCCC(=O)OC(C)(C)C)CC1.CN1CCN(CCN)CC1. The van der Waals surface area contributed by atoms with Gasteiger partial charge in [-0.25, -0.2) is 0 Å². The van der Waals surface area contributed by atoms with Gasteiger partial charge in [-0.2, -0.15) is 0 Å². The van der Waals surface area contributed by atoms with Crippen LogP contribution in [0.4, 0.5) is 0 Å². The molecular weight excluding hydrogens is 342 g/mol. The van der Waals surface area contributed by atoms with Gasteiger partial charge < -0.3 is 25.2 Å². The zero-order valence-corrected chi connectivity index (χ0v) is 18.4. The van der Waals surface area contributed by atoms with Crippen molar-refractivity contribution in [2.75, 3.05) is 86.1 Å². The summed E-state index contributed by atoms with van der Waals surface area (Å²) < 4.78 is 5.28. The Labute approximate surface area is 166 Å². The van der Waals surface area contributed by atoms with Crippen molar-refractivity contribution in [1.82, 2.24) is 19.6 Å². The molecule has 0 amide bonds. The van der Waals surface area contributed by atoms with Gasteiger partial charge in [-0.3, -0.25) is 9.69 Å². The summed E-state index contributed by atoms with van der Waals surface area (Å²) in [5.74, 6) is -0.0772. The number of nitrogens with two attached hydrogens (primary N) is 1. The minimum absolute atomic E-state index is 0.0772. The molecular formula is C20H43N5O2. The van der Waals surface area contributed by atoms with Crippen LogP contribution in [0.2, 0.25) is 0 Å². The number of esters is 1. The van der Waals surface area contributed by atoms with E-state index in [4.69, 9.17) is 10.5 Å². The van der Waals surface area contributed by atoms with Crippen molar-refractivity contribution in [3.05, 3.63) is 0 Å². The van der Waals surface area contributed by atoms with Crippen LogP contribution in [-0.4, -0.2) is 117 Å². The lowest BCUT2D eigenvalue weighted by Gasteiger charge is -2.32. The summed E-state index contributed by atoms with van der Waals surface area (Å²) >= 11 is 0. The highest BCUT2D eigenvalue weighted by Gasteiger charge is 2.17. The molecule has 2 aliphatic rings. The molecule has 7 heteroatoms. The van der Waals surface area contributed by atoms with E-state index in [1.165, 1.54) is 26.2 Å². The number of likely N-dealkylation sites (N-methyl/N-ethyl adjacent to an activating group) is 2. The van der Waals surface area contributed by atoms with Gasteiger partial charge >= 0.3 is 5.97 Å². The second-order valence-electron chi connectivity index (χ2n) is 8.77. The second kappa shape index (κ2) is 12.7. The van der Waals surface area contributed by atoms with E-state index in [0.29, 0.717) is 6.42 Å². The van der Waals surface area contributed by atoms with E-state index < -0.39 is 0 Å². The van der Waals surface area contributed by atoms with Crippen LogP contribution in [0.25, 0.3) is 0 Å². The Hall–Kier alpha value is -0.730. The van der Waals surface area contributed by atoms with Gasteiger partial charge in [0.1, 0.15) is 5.60 Å². The Balaban J connectivity index is 0.000000309. The molecule has 2 aliphatic heterocycles. The van der Waals surface area contributed by atoms with E-state index in [1.54, 1.807) is 0 Å². The molecule has 0 radical (unpaired) electrons. The number of piperazine rings is 2. The van der Waals surface area contributed by atoms with Crippen molar-refractivity contribution in [3.8, 4) is 0 Å². The van der Waals surface area contributed by atoms with Crippen LogP contribution in [0.3, 0.4) is 0 Å². The molecule has 0 spiro atoms. The molecule has 0 aromatic heterocycles. The van der Waals surface area contributed by atoms with Gasteiger partial charge in [-0.05, 0) is 47.8 Å². The molecule has 2 fully saturated rings. The van der Waals surface area contributed by atoms with Crippen LogP contribution in [0, 0.1) is 0 Å². The van der Waals surface area contributed by atoms with Crippen molar-refractivity contribution in [1.29, 1.82) is 0 Å². The number of hydrogen-bond acceptors (Lipinski definition) is 7. The topological polar surface area (TPSA) is 65.3 Å². The summed E-state index contributed by atoms with van der Waals surface area (Å²) in [7, 11) is 4.32. The standard InChI is InChI=1S/C13H26N2O2.C7H17N3/c1-13(2,3)17-12(16)6-5-7-15-10-8-14(4)9-11-15;1-9-4-6-10(3-2-8)7-5-9/h5-11H2,1-4H3;2-8H2,1H3. The summed E-state index contributed by atoms with van der Waals surface area (Å²) in [5.41, 5.74) is 5.08. The van der Waals surface area contributed by atoms with Crippen molar-refractivity contribution in [3.63, 3.8) is 0 Å². The Morgan fingerprint density at radius 3 is 1.70 bits per heavy atom. The first kappa shape index (κ1) is 24.3. The van der Waals surface area contributed by atoms with Gasteiger partial charge in [-0.15, -0.1) is 0 Å². The van der Waals surface area contributed by atoms with Gasteiger partial charge in [-0.1, -0.05) is 0 Å². The maximum Gasteiger partial charge on any atom is 0.306 e. The van der Waals surface area contributed by atoms with E-state index in [9.17, 15) is 4.79 Å². The first-order valence-electron chi connectivity index (χ1n) is 10.4. The molecule has 0 bridgehead atoms. The molecule has 0 unspecified atom stereocenters. The lowest BCUT2D eigenvalue weighted by molar-refractivity contribution is -0.155. The molecule has 0 atom stereocenters. The summed E-state index contributed by atoms with van der Waals surface area (Å²) in [6, 6.07) is 0. The average Bonchev–Trinajstić information content (AvgIpc) is 2.58. The number of carbonyl (C=O) groups excluding carboxylic acids is 1. The van der Waals surface area contributed by atoms with Crippen LogP contribution in [-0.2, 0) is 9.53 Å². The molecule has 0 aromatic rings. The predicted octanol–water partition coefficient (Wildman–Crippen LogP) is 0.548. The maximum absolute atomic E-state index is 11.5. The molecule has 2 N–H and O–H groups in total. The van der Waals surface area contributed by atoms with Gasteiger partial charge in [0.25, 0.3) is 0 Å².